The maximum atomic E-state index is 12.9. The molecule has 0 spiro atoms. The Hall–Kier alpha value is -1.85. The maximum Gasteiger partial charge on any atom is 0.256 e. The van der Waals surface area contributed by atoms with E-state index >= 15 is 0 Å². The number of hydrogen-bond acceptors (Lipinski definition) is 3. The van der Waals surface area contributed by atoms with Gasteiger partial charge in [-0.15, -0.1) is 11.3 Å². The molecule has 2 aromatic rings. The van der Waals surface area contributed by atoms with Crippen LogP contribution in [-0.2, 0) is 12.8 Å². The van der Waals surface area contributed by atoms with E-state index in [0.717, 1.165) is 24.8 Å². The quantitative estimate of drug-likeness (QED) is 0.714. The van der Waals surface area contributed by atoms with E-state index in [0.29, 0.717) is 27.1 Å². The van der Waals surface area contributed by atoms with Crippen LogP contribution in [-0.4, -0.2) is 30.8 Å². The fraction of sp³-hybridized carbons (Fsp3) is 0.455. The molecule has 4 nitrogen and oxygen atoms in total. The molecule has 0 aliphatic heterocycles. The Balaban J connectivity index is 1.96. The van der Waals surface area contributed by atoms with Crippen molar-refractivity contribution < 1.29 is 9.59 Å². The number of thiophene rings is 1. The van der Waals surface area contributed by atoms with Crippen LogP contribution < -0.4 is 5.32 Å². The molecular formula is C22H27ClN2O2S. The molecule has 1 N–H and O–H groups in total. The zero-order valence-electron chi connectivity index (χ0n) is 17.1. The molecule has 1 aromatic heterocycles. The first-order valence-electron chi connectivity index (χ1n) is 9.51. The number of amides is 2. The van der Waals surface area contributed by atoms with Crippen molar-refractivity contribution in [2.45, 2.75) is 40.0 Å². The normalized spacial score (nSPS) is 16.4. The Morgan fingerprint density at radius 3 is 2.39 bits per heavy atom. The first-order valence-corrected chi connectivity index (χ1v) is 10.7. The predicted octanol–water partition coefficient (Wildman–Crippen LogP) is 5.51. The number of carbonyl (C=O) groups is 2. The second kappa shape index (κ2) is 7.88. The number of nitrogens with zero attached hydrogens (tertiary/aromatic N) is 1. The summed E-state index contributed by atoms with van der Waals surface area (Å²) >= 11 is 7.47. The molecule has 0 saturated carbocycles. The molecule has 28 heavy (non-hydrogen) atoms. The molecule has 0 fully saturated rings. The molecule has 0 bridgehead atoms. The van der Waals surface area contributed by atoms with Crippen molar-refractivity contribution in [1.29, 1.82) is 0 Å². The Kier molecular flexibility index (Phi) is 5.87. The van der Waals surface area contributed by atoms with Gasteiger partial charge >= 0.3 is 0 Å². The zero-order chi connectivity index (χ0) is 20.6. The lowest BCUT2D eigenvalue weighted by Crippen LogP contribution is -2.28. The minimum Gasteiger partial charge on any atom is -0.345 e. The van der Waals surface area contributed by atoms with Crippen LogP contribution in [0, 0.1) is 11.3 Å². The van der Waals surface area contributed by atoms with Crippen molar-refractivity contribution >= 4 is 39.8 Å². The molecule has 1 aliphatic rings. The average molecular weight is 419 g/mol. The molecule has 2 amide bonds. The highest BCUT2D eigenvalue weighted by Gasteiger charge is 2.34. The Labute approximate surface area is 175 Å². The van der Waals surface area contributed by atoms with Crippen molar-refractivity contribution in [3.63, 3.8) is 0 Å². The maximum absolute atomic E-state index is 12.9. The van der Waals surface area contributed by atoms with Crippen LogP contribution in [0.15, 0.2) is 24.3 Å². The Morgan fingerprint density at radius 2 is 1.82 bits per heavy atom. The largest absolute Gasteiger partial charge is 0.345 e. The first kappa shape index (κ1) is 20.9. The second-order valence-corrected chi connectivity index (χ2v) is 10.2. The van der Waals surface area contributed by atoms with E-state index in [1.165, 1.54) is 4.88 Å². The first-order chi connectivity index (χ1) is 13.1. The molecule has 0 radical (unpaired) electrons. The van der Waals surface area contributed by atoms with Crippen LogP contribution in [0.4, 0.5) is 5.00 Å². The predicted molar refractivity (Wildman–Crippen MR) is 117 cm³/mol. The van der Waals surface area contributed by atoms with Crippen molar-refractivity contribution in [2.24, 2.45) is 11.3 Å². The fourth-order valence-electron chi connectivity index (χ4n) is 3.64. The zero-order valence-corrected chi connectivity index (χ0v) is 18.6. The Morgan fingerprint density at radius 1 is 1.18 bits per heavy atom. The van der Waals surface area contributed by atoms with E-state index in [2.05, 4.69) is 26.1 Å². The monoisotopic (exact) mass is 418 g/mol. The summed E-state index contributed by atoms with van der Waals surface area (Å²) in [5.41, 5.74) is 2.50. The number of halogens is 1. The summed E-state index contributed by atoms with van der Waals surface area (Å²) in [6, 6.07) is 6.76. The van der Waals surface area contributed by atoms with E-state index < -0.39 is 0 Å². The third kappa shape index (κ3) is 4.26. The summed E-state index contributed by atoms with van der Waals surface area (Å²) in [6.45, 7) is 6.81. The third-order valence-corrected chi connectivity index (χ3v) is 6.87. The number of fused-ring (bicyclic) bond motifs is 1. The standard InChI is InChI=1S/C22H27ClN2O2S/c1-22(2,3)14-8-11-16-17(12-14)28-20(18(16)21(27)25(4)5)24-19(26)13-6-9-15(23)10-7-13/h6-7,9-10,14H,8,11-12H2,1-5H3,(H,24,26)/t14-/m1/s1. The molecule has 1 atom stereocenters. The van der Waals surface area contributed by atoms with Crippen LogP contribution in [0.25, 0.3) is 0 Å². The molecule has 1 aromatic carbocycles. The van der Waals surface area contributed by atoms with Crippen molar-refractivity contribution in [2.75, 3.05) is 19.4 Å². The lowest BCUT2D eigenvalue weighted by molar-refractivity contribution is 0.0827. The number of nitrogens with one attached hydrogen (secondary N) is 1. The summed E-state index contributed by atoms with van der Waals surface area (Å²) < 4.78 is 0. The van der Waals surface area contributed by atoms with Crippen LogP contribution in [0.5, 0.6) is 0 Å². The number of rotatable bonds is 3. The minimum atomic E-state index is -0.226. The fourth-order valence-corrected chi connectivity index (χ4v) is 5.08. The van der Waals surface area contributed by atoms with Gasteiger partial charge in [0.15, 0.2) is 0 Å². The summed E-state index contributed by atoms with van der Waals surface area (Å²) in [7, 11) is 3.50. The van der Waals surface area contributed by atoms with Crippen molar-refractivity contribution in [1.82, 2.24) is 4.90 Å². The van der Waals surface area contributed by atoms with Crippen LogP contribution >= 0.6 is 22.9 Å². The van der Waals surface area contributed by atoms with E-state index in [4.69, 9.17) is 11.6 Å². The summed E-state index contributed by atoms with van der Waals surface area (Å²) in [5.74, 6) is 0.286. The SMILES string of the molecule is CN(C)C(=O)c1c(NC(=O)c2ccc(Cl)cc2)sc2c1CC[C@@H](C(C)(C)C)C2. The van der Waals surface area contributed by atoms with Gasteiger partial charge < -0.3 is 10.2 Å². The number of hydrogen-bond donors (Lipinski definition) is 1. The molecule has 0 saturated heterocycles. The molecule has 150 valence electrons. The topological polar surface area (TPSA) is 49.4 Å². The van der Waals surface area contributed by atoms with E-state index in [9.17, 15) is 9.59 Å². The molecule has 1 aliphatic carbocycles. The van der Waals surface area contributed by atoms with Crippen LogP contribution in [0.2, 0.25) is 5.02 Å². The molecule has 1 heterocycles. The summed E-state index contributed by atoms with van der Waals surface area (Å²) in [6.07, 6.45) is 2.89. The summed E-state index contributed by atoms with van der Waals surface area (Å²) in [5, 5.41) is 4.22. The van der Waals surface area contributed by atoms with Gasteiger partial charge in [-0.25, -0.2) is 0 Å². The highest BCUT2D eigenvalue weighted by atomic mass is 35.5. The number of benzene rings is 1. The van der Waals surface area contributed by atoms with E-state index in [-0.39, 0.29) is 17.2 Å². The number of anilines is 1. The van der Waals surface area contributed by atoms with Gasteiger partial charge in [0.05, 0.1) is 5.56 Å². The molecule has 6 heteroatoms. The average Bonchev–Trinajstić information content (AvgIpc) is 2.97. The van der Waals surface area contributed by atoms with Crippen molar-refractivity contribution in [3.8, 4) is 0 Å². The van der Waals surface area contributed by atoms with Gasteiger partial charge in [0.25, 0.3) is 11.8 Å². The highest BCUT2D eigenvalue weighted by Crippen LogP contribution is 2.44. The van der Waals surface area contributed by atoms with Gasteiger partial charge in [0, 0.05) is 29.6 Å². The molecule has 0 unspecified atom stereocenters. The van der Waals surface area contributed by atoms with Gasteiger partial charge in [0.2, 0.25) is 0 Å². The number of carbonyl (C=O) groups excluding carboxylic acids is 2. The van der Waals surface area contributed by atoms with Crippen molar-refractivity contribution in [3.05, 3.63) is 50.9 Å². The van der Waals surface area contributed by atoms with Crippen LogP contribution in [0.3, 0.4) is 0 Å². The van der Waals surface area contributed by atoms with Gasteiger partial charge in [-0.3, -0.25) is 9.59 Å². The van der Waals surface area contributed by atoms with E-state index in [1.54, 1.807) is 54.6 Å². The lowest BCUT2D eigenvalue weighted by Gasteiger charge is -2.34. The summed E-state index contributed by atoms with van der Waals surface area (Å²) in [4.78, 5) is 28.4. The molecular weight excluding hydrogens is 392 g/mol. The highest BCUT2D eigenvalue weighted by molar-refractivity contribution is 7.17. The van der Waals surface area contributed by atoms with Gasteiger partial charge in [-0.1, -0.05) is 32.4 Å². The smallest absolute Gasteiger partial charge is 0.256 e. The lowest BCUT2D eigenvalue weighted by atomic mass is 9.72. The molecule has 3 rings (SSSR count). The van der Waals surface area contributed by atoms with E-state index in [1.807, 2.05) is 0 Å². The second-order valence-electron chi connectivity index (χ2n) is 8.67. The van der Waals surface area contributed by atoms with Gasteiger partial charge in [-0.05, 0) is 60.4 Å². The Bertz CT molecular complexity index is 894. The minimum absolute atomic E-state index is 0.0573. The third-order valence-electron chi connectivity index (χ3n) is 5.44. The van der Waals surface area contributed by atoms with Gasteiger partial charge in [-0.2, -0.15) is 0 Å². The van der Waals surface area contributed by atoms with Gasteiger partial charge in [0.1, 0.15) is 5.00 Å². The van der Waals surface area contributed by atoms with Crippen LogP contribution in [0.1, 0.15) is 58.3 Å².